The van der Waals surface area contributed by atoms with Crippen LogP contribution in [0.25, 0.3) is 0 Å². The molecule has 1 N–H and O–H groups in total. The number of carbonyl (C=O) groups is 2. The van der Waals surface area contributed by atoms with Crippen LogP contribution < -0.4 is 0 Å². The van der Waals surface area contributed by atoms with Gasteiger partial charge in [0.25, 0.3) is 0 Å². The first-order chi connectivity index (χ1) is 10.1. The molecule has 0 aliphatic heterocycles. The second-order valence-electron chi connectivity index (χ2n) is 5.67. The summed E-state index contributed by atoms with van der Waals surface area (Å²) in [5, 5.41) is 9.36. The normalized spacial score (nSPS) is 25.4. The Bertz CT molecular complexity index is 386. The highest BCUT2D eigenvalue weighted by Crippen LogP contribution is 2.36. The number of aliphatic hydroxyl groups is 1. The van der Waals surface area contributed by atoms with Gasteiger partial charge < -0.3 is 9.84 Å². The third kappa shape index (κ3) is 5.84. The van der Waals surface area contributed by atoms with E-state index in [4.69, 9.17) is 4.74 Å². The molecular weight excluding hydrogens is 268 g/mol. The number of unbranched alkanes of at least 4 members (excludes halogenated alkanes) is 1. The minimum absolute atomic E-state index is 0.0428. The van der Waals surface area contributed by atoms with Crippen LogP contribution in [0, 0.1) is 17.8 Å². The van der Waals surface area contributed by atoms with Crippen LogP contribution in [-0.4, -0.2) is 30.1 Å². The lowest BCUT2D eigenvalue weighted by Crippen LogP contribution is -2.19. The van der Waals surface area contributed by atoms with Crippen molar-refractivity contribution < 1.29 is 19.4 Å². The van der Waals surface area contributed by atoms with E-state index in [1.807, 2.05) is 19.1 Å². The zero-order valence-corrected chi connectivity index (χ0v) is 12.8. The van der Waals surface area contributed by atoms with Gasteiger partial charge in [-0.05, 0) is 31.1 Å². The van der Waals surface area contributed by atoms with Crippen molar-refractivity contribution in [1.29, 1.82) is 0 Å². The molecule has 4 heteroatoms. The van der Waals surface area contributed by atoms with Crippen molar-refractivity contribution in [3.8, 4) is 0 Å². The van der Waals surface area contributed by atoms with Gasteiger partial charge in [-0.15, -0.1) is 0 Å². The summed E-state index contributed by atoms with van der Waals surface area (Å²) in [7, 11) is 0. The number of rotatable bonds is 9. The molecule has 4 nitrogen and oxygen atoms in total. The van der Waals surface area contributed by atoms with Crippen LogP contribution in [-0.2, 0) is 14.3 Å². The molecule has 0 heterocycles. The molecule has 1 aliphatic carbocycles. The summed E-state index contributed by atoms with van der Waals surface area (Å²) in [6.07, 6.45) is 8.76. The van der Waals surface area contributed by atoms with Gasteiger partial charge in [-0.1, -0.05) is 31.7 Å². The minimum Gasteiger partial charge on any atom is -0.461 e. The quantitative estimate of drug-likeness (QED) is 0.403. The van der Waals surface area contributed by atoms with Gasteiger partial charge in [0, 0.05) is 25.4 Å². The van der Waals surface area contributed by atoms with E-state index in [1.54, 1.807) is 6.08 Å². The van der Waals surface area contributed by atoms with Gasteiger partial charge >= 0.3 is 5.97 Å². The number of allylic oxidation sites excluding steroid dienone is 2. The fraction of sp³-hybridized carbons (Fsp3) is 0.647. The number of esters is 1. The Balaban J connectivity index is 2.21. The first kappa shape index (κ1) is 17.6. The smallest absolute Gasteiger partial charge is 0.306 e. The SMILES string of the molecule is C=CCOC(=O)CCC/C=C\C[C@H]1C(=O)C[C@@H](C)[C@@H]1CO. The standard InChI is InChI=1S/C17H26O4/c1-3-10-21-17(20)9-7-5-4-6-8-14-15(12-18)13(2)11-16(14)19/h3-4,6,13-15,18H,1,5,7-12H2,2H3/b6-4-/t13-,14-,15+/m1/s1. The van der Waals surface area contributed by atoms with Crippen molar-refractivity contribution >= 4 is 11.8 Å². The van der Waals surface area contributed by atoms with Crippen LogP contribution in [0.4, 0.5) is 0 Å². The second-order valence-corrected chi connectivity index (χ2v) is 5.67. The second kappa shape index (κ2) is 9.50. The number of Topliss-reactive ketones (excluding diaryl/α,β-unsaturated/α-hetero) is 1. The molecule has 118 valence electrons. The molecule has 0 aromatic heterocycles. The number of hydrogen-bond donors (Lipinski definition) is 1. The summed E-state index contributed by atoms with van der Waals surface area (Å²) in [5.74, 6) is 0.387. The van der Waals surface area contributed by atoms with E-state index in [9.17, 15) is 14.7 Å². The van der Waals surface area contributed by atoms with E-state index in [1.165, 1.54) is 0 Å². The van der Waals surface area contributed by atoms with E-state index < -0.39 is 0 Å². The molecule has 0 aromatic rings. The third-order valence-electron chi connectivity index (χ3n) is 4.07. The Morgan fingerprint density at radius 2 is 2.24 bits per heavy atom. The minimum atomic E-state index is -0.205. The molecule has 1 rings (SSSR count). The lowest BCUT2D eigenvalue weighted by Gasteiger charge is -2.17. The van der Waals surface area contributed by atoms with Crippen molar-refractivity contribution in [2.45, 2.75) is 39.0 Å². The fourth-order valence-electron chi connectivity index (χ4n) is 2.82. The van der Waals surface area contributed by atoms with E-state index >= 15 is 0 Å². The summed E-state index contributed by atoms with van der Waals surface area (Å²) in [6, 6.07) is 0. The average molecular weight is 294 g/mol. The van der Waals surface area contributed by atoms with Gasteiger partial charge in [0.15, 0.2) is 0 Å². The Morgan fingerprint density at radius 3 is 2.90 bits per heavy atom. The van der Waals surface area contributed by atoms with Gasteiger partial charge in [0.05, 0.1) is 0 Å². The van der Waals surface area contributed by atoms with Gasteiger partial charge in [-0.3, -0.25) is 9.59 Å². The Kier molecular flexibility index (Phi) is 7.98. The number of carbonyl (C=O) groups excluding carboxylic acids is 2. The average Bonchev–Trinajstić information content (AvgIpc) is 2.73. The number of ketones is 1. The summed E-state index contributed by atoms with van der Waals surface area (Å²) < 4.78 is 4.88. The van der Waals surface area contributed by atoms with E-state index in [0.717, 1.165) is 12.8 Å². The van der Waals surface area contributed by atoms with Gasteiger partial charge in [-0.25, -0.2) is 0 Å². The number of hydrogen-bond acceptors (Lipinski definition) is 4. The highest BCUT2D eigenvalue weighted by Gasteiger charge is 2.38. The Labute approximate surface area is 126 Å². The number of ether oxygens (including phenoxy) is 1. The lowest BCUT2D eigenvalue weighted by molar-refractivity contribution is -0.142. The Hall–Kier alpha value is -1.42. The van der Waals surface area contributed by atoms with Crippen molar-refractivity contribution in [2.24, 2.45) is 17.8 Å². The largest absolute Gasteiger partial charge is 0.461 e. The monoisotopic (exact) mass is 294 g/mol. The molecule has 0 bridgehead atoms. The van der Waals surface area contributed by atoms with Gasteiger partial charge in [-0.2, -0.15) is 0 Å². The maximum Gasteiger partial charge on any atom is 0.306 e. The zero-order valence-electron chi connectivity index (χ0n) is 12.8. The van der Waals surface area contributed by atoms with E-state index in [-0.39, 0.29) is 42.7 Å². The van der Waals surface area contributed by atoms with Crippen LogP contribution in [0.2, 0.25) is 0 Å². The molecular formula is C17H26O4. The fourth-order valence-corrected chi connectivity index (χ4v) is 2.82. The van der Waals surface area contributed by atoms with Crippen molar-refractivity contribution in [1.82, 2.24) is 0 Å². The summed E-state index contributed by atoms with van der Waals surface area (Å²) >= 11 is 0. The molecule has 0 radical (unpaired) electrons. The molecule has 1 fully saturated rings. The molecule has 3 atom stereocenters. The van der Waals surface area contributed by atoms with Crippen molar-refractivity contribution in [2.75, 3.05) is 13.2 Å². The van der Waals surface area contributed by atoms with Crippen LogP contribution in [0.1, 0.15) is 39.0 Å². The predicted molar refractivity (Wildman–Crippen MR) is 81.6 cm³/mol. The zero-order chi connectivity index (χ0) is 15.7. The summed E-state index contributed by atoms with van der Waals surface area (Å²) in [4.78, 5) is 23.1. The maximum absolute atomic E-state index is 11.8. The maximum atomic E-state index is 11.8. The molecule has 0 spiro atoms. The summed E-state index contributed by atoms with van der Waals surface area (Å²) in [6.45, 7) is 5.85. The molecule has 0 saturated heterocycles. The molecule has 21 heavy (non-hydrogen) atoms. The lowest BCUT2D eigenvalue weighted by atomic mass is 9.88. The van der Waals surface area contributed by atoms with Crippen LogP contribution in [0.3, 0.4) is 0 Å². The topological polar surface area (TPSA) is 63.6 Å². The van der Waals surface area contributed by atoms with Gasteiger partial charge in [0.1, 0.15) is 12.4 Å². The molecule has 0 unspecified atom stereocenters. The first-order valence-corrected chi connectivity index (χ1v) is 7.65. The predicted octanol–water partition coefficient (Wildman–Crippen LogP) is 2.67. The van der Waals surface area contributed by atoms with E-state index in [0.29, 0.717) is 19.3 Å². The van der Waals surface area contributed by atoms with Crippen molar-refractivity contribution in [3.63, 3.8) is 0 Å². The van der Waals surface area contributed by atoms with Crippen LogP contribution in [0.15, 0.2) is 24.8 Å². The first-order valence-electron chi connectivity index (χ1n) is 7.65. The highest BCUT2D eigenvalue weighted by molar-refractivity contribution is 5.84. The van der Waals surface area contributed by atoms with Crippen LogP contribution in [0.5, 0.6) is 0 Å². The number of aliphatic hydroxyl groups excluding tert-OH is 1. The van der Waals surface area contributed by atoms with Gasteiger partial charge in [0.2, 0.25) is 0 Å². The van der Waals surface area contributed by atoms with E-state index in [2.05, 4.69) is 6.58 Å². The summed E-state index contributed by atoms with van der Waals surface area (Å²) in [5.41, 5.74) is 0. The van der Waals surface area contributed by atoms with Crippen LogP contribution >= 0.6 is 0 Å². The Morgan fingerprint density at radius 1 is 1.48 bits per heavy atom. The molecule has 1 aliphatic rings. The van der Waals surface area contributed by atoms with Crippen molar-refractivity contribution in [3.05, 3.63) is 24.8 Å². The third-order valence-corrected chi connectivity index (χ3v) is 4.07. The molecule has 0 aromatic carbocycles. The molecule has 1 saturated carbocycles. The highest BCUT2D eigenvalue weighted by atomic mass is 16.5. The molecule has 0 amide bonds.